The molecule has 0 saturated carbocycles. The standard InChI is InChI=1S/C25H28FN7O4S3/c1-4-16-18(6-7-19(28-16)32-9-5-11-40(32,35)36)37-13-21(34)31-10-8-17-22(23(31)24-14(2)27-15(3)38-24)33-25(29-17)39-20(12-26)30-33/h6-7,23H,4-5,8-13H2,1-3H3. The van der Waals surface area contributed by atoms with E-state index in [1.54, 1.807) is 21.5 Å². The topological polar surface area (TPSA) is 123 Å². The molecule has 6 heterocycles. The normalized spacial score (nSPS) is 18.4. The van der Waals surface area contributed by atoms with Crippen LogP contribution in [0.5, 0.6) is 5.75 Å². The smallest absolute Gasteiger partial charge is 0.261 e. The maximum Gasteiger partial charge on any atom is 0.261 e. The lowest BCUT2D eigenvalue weighted by Gasteiger charge is -2.35. The second-order valence-electron chi connectivity index (χ2n) is 9.69. The van der Waals surface area contributed by atoms with Crippen molar-refractivity contribution in [1.29, 1.82) is 0 Å². The lowest BCUT2D eigenvalue weighted by atomic mass is 10.00. The molecule has 6 rings (SSSR count). The second kappa shape index (κ2) is 10.3. The van der Waals surface area contributed by atoms with Crippen molar-refractivity contribution >= 4 is 49.4 Å². The van der Waals surface area contributed by atoms with E-state index in [4.69, 9.17) is 9.72 Å². The predicted molar refractivity (Wildman–Crippen MR) is 149 cm³/mol. The zero-order valence-corrected chi connectivity index (χ0v) is 24.7. The van der Waals surface area contributed by atoms with Crippen LogP contribution in [-0.4, -0.2) is 69.2 Å². The first-order valence-corrected chi connectivity index (χ1v) is 16.2. The molecule has 15 heteroatoms. The zero-order chi connectivity index (χ0) is 28.2. The van der Waals surface area contributed by atoms with Gasteiger partial charge in [-0.15, -0.1) is 11.3 Å². The molecule has 2 aliphatic rings. The van der Waals surface area contributed by atoms with Gasteiger partial charge in [0.2, 0.25) is 15.0 Å². The zero-order valence-electron chi connectivity index (χ0n) is 22.3. The number of thiazole rings is 1. The number of sulfonamides is 1. The number of alkyl halides is 1. The molecule has 4 aromatic rings. The van der Waals surface area contributed by atoms with E-state index in [0.717, 1.165) is 27.0 Å². The van der Waals surface area contributed by atoms with E-state index in [2.05, 4.69) is 15.1 Å². The fraction of sp³-hybridized carbons (Fsp3) is 0.480. The van der Waals surface area contributed by atoms with Crippen LogP contribution in [0.15, 0.2) is 12.1 Å². The van der Waals surface area contributed by atoms with Crippen molar-refractivity contribution in [2.45, 2.75) is 52.8 Å². The van der Waals surface area contributed by atoms with Crippen LogP contribution >= 0.6 is 22.7 Å². The molecule has 1 unspecified atom stereocenters. The minimum absolute atomic E-state index is 0.111. The molecule has 0 aromatic carbocycles. The summed E-state index contributed by atoms with van der Waals surface area (Å²) in [4.78, 5) is 30.9. The quantitative estimate of drug-likeness (QED) is 0.314. The highest BCUT2D eigenvalue weighted by Gasteiger charge is 2.39. The first kappa shape index (κ1) is 27.0. The number of nitrogens with zero attached hydrogens (tertiary/aromatic N) is 7. The predicted octanol–water partition coefficient (Wildman–Crippen LogP) is 3.38. The number of hydrogen-bond donors (Lipinski definition) is 0. The molecule has 1 amide bonds. The Kier molecular flexibility index (Phi) is 6.99. The van der Waals surface area contributed by atoms with E-state index in [-0.39, 0.29) is 18.3 Å². The second-order valence-corrected chi connectivity index (χ2v) is 14.0. The molecule has 1 atom stereocenters. The first-order valence-electron chi connectivity index (χ1n) is 13.0. The maximum atomic E-state index is 13.7. The third-order valence-electron chi connectivity index (χ3n) is 7.10. The summed E-state index contributed by atoms with van der Waals surface area (Å²) in [6.45, 7) is 5.67. The monoisotopic (exact) mass is 605 g/mol. The number of anilines is 1. The maximum absolute atomic E-state index is 13.7. The number of carbonyl (C=O) groups is 1. The molecule has 4 aromatic heterocycles. The number of imidazole rings is 1. The Hall–Kier alpha value is -3.17. The van der Waals surface area contributed by atoms with Crippen LogP contribution < -0.4 is 9.04 Å². The third kappa shape index (κ3) is 4.63. The van der Waals surface area contributed by atoms with Gasteiger partial charge in [0.25, 0.3) is 5.91 Å². The number of ether oxygens (including phenoxy) is 1. The van der Waals surface area contributed by atoms with Crippen LogP contribution in [0.1, 0.15) is 57.1 Å². The van der Waals surface area contributed by atoms with Gasteiger partial charge in [-0.2, -0.15) is 5.10 Å². The highest BCUT2D eigenvalue weighted by molar-refractivity contribution is 7.93. The molecule has 40 heavy (non-hydrogen) atoms. The van der Waals surface area contributed by atoms with E-state index in [1.807, 2.05) is 20.8 Å². The number of rotatable bonds is 7. The van der Waals surface area contributed by atoms with Gasteiger partial charge >= 0.3 is 0 Å². The number of carbonyl (C=O) groups excluding carboxylic acids is 1. The van der Waals surface area contributed by atoms with Gasteiger partial charge in [0.05, 0.1) is 38.4 Å². The SMILES string of the molecule is CCc1nc(N2CCCS2(=O)=O)ccc1OCC(=O)N1CCc2nc3sc(CF)nn3c2C1c1sc(C)nc1C. The Labute approximate surface area is 238 Å². The summed E-state index contributed by atoms with van der Waals surface area (Å²) >= 11 is 2.72. The Morgan fingerprint density at radius 3 is 2.67 bits per heavy atom. The molecule has 0 bridgehead atoms. The lowest BCUT2D eigenvalue weighted by molar-refractivity contribution is -0.135. The fourth-order valence-corrected chi connectivity index (χ4v) is 8.64. The van der Waals surface area contributed by atoms with Gasteiger partial charge in [-0.1, -0.05) is 18.3 Å². The third-order valence-corrected chi connectivity index (χ3v) is 10.9. The summed E-state index contributed by atoms with van der Waals surface area (Å²) in [5.74, 6) is 0.688. The average molecular weight is 606 g/mol. The average Bonchev–Trinajstić information content (AvgIpc) is 3.68. The van der Waals surface area contributed by atoms with Crippen molar-refractivity contribution in [1.82, 2.24) is 29.5 Å². The van der Waals surface area contributed by atoms with E-state index in [1.165, 1.54) is 27.0 Å². The van der Waals surface area contributed by atoms with Crippen LogP contribution in [0.25, 0.3) is 4.96 Å². The summed E-state index contributed by atoms with van der Waals surface area (Å²) in [6, 6.07) is 2.82. The first-order chi connectivity index (χ1) is 19.2. The Morgan fingerprint density at radius 1 is 1.18 bits per heavy atom. The minimum atomic E-state index is -3.36. The number of fused-ring (bicyclic) bond motifs is 3. The summed E-state index contributed by atoms with van der Waals surface area (Å²) in [7, 11) is -3.36. The van der Waals surface area contributed by atoms with Crippen LogP contribution in [0, 0.1) is 13.8 Å². The number of hydrogen-bond acceptors (Lipinski definition) is 10. The van der Waals surface area contributed by atoms with E-state index in [9.17, 15) is 17.6 Å². The number of pyridine rings is 1. The molecule has 0 aliphatic carbocycles. The van der Waals surface area contributed by atoms with Gasteiger partial charge in [-0.05, 0) is 38.8 Å². The van der Waals surface area contributed by atoms with E-state index < -0.39 is 22.7 Å². The Balaban J connectivity index is 1.29. The summed E-state index contributed by atoms with van der Waals surface area (Å²) in [5.41, 5.74) is 3.00. The van der Waals surface area contributed by atoms with E-state index in [0.29, 0.717) is 59.6 Å². The van der Waals surface area contributed by atoms with Crippen LogP contribution in [0.2, 0.25) is 0 Å². The number of aromatic nitrogens is 5. The summed E-state index contributed by atoms with van der Waals surface area (Å²) in [6.07, 6.45) is 1.61. The highest BCUT2D eigenvalue weighted by atomic mass is 32.2. The van der Waals surface area contributed by atoms with Crippen molar-refractivity contribution < 1.29 is 22.3 Å². The van der Waals surface area contributed by atoms with Gasteiger partial charge in [-0.25, -0.2) is 32.3 Å². The molecular formula is C25H28FN7O4S3. The summed E-state index contributed by atoms with van der Waals surface area (Å²) in [5, 5.41) is 5.65. The molecule has 0 radical (unpaired) electrons. The molecule has 0 N–H and O–H groups in total. The fourth-order valence-electron chi connectivity index (χ4n) is 5.32. The van der Waals surface area contributed by atoms with Crippen LogP contribution in [0.3, 0.4) is 0 Å². The molecule has 1 saturated heterocycles. The van der Waals surface area contributed by atoms with Gasteiger partial charge in [0.1, 0.15) is 29.3 Å². The Morgan fingerprint density at radius 2 is 2.00 bits per heavy atom. The van der Waals surface area contributed by atoms with E-state index >= 15 is 0 Å². The van der Waals surface area contributed by atoms with Crippen molar-refractivity contribution in [3.8, 4) is 5.75 Å². The molecule has 0 spiro atoms. The molecule has 2 aliphatic heterocycles. The van der Waals surface area contributed by atoms with Gasteiger partial charge in [0.15, 0.2) is 6.61 Å². The van der Waals surface area contributed by atoms with Crippen molar-refractivity contribution in [2.75, 3.05) is 29.8 Å². The van der Waals surface area contributed by atoms with Crippen LogP contribution in [0.4, 0.5) is 10.2 Å². The summed E-state index contributed by atoms with van der Waals surface area (Å²) < 4.78 is 47.1. The Bertz CT molecular complexity index is 1710. The molecule has 11 nitrogen and oxygen atoms in total. The molecular weight excluding hydrogens is 578 g/mol. The minimum Gasteiger partial charge on any atom is -0.482 e. The van der Waals surface area contributed by atoms with Crippen molar-refractivity contribution in [3.63, 3.8) is 0 Å². The lowest BCUT2D eigenvalue weighted by Crippen LogP contribution is -2.43. The van der Waals surface area contributed by atoms with Gasteiger partial charge < -0.3 is 9.64 Å². The van der Waals surface area contributed by atoms with Gasteiger partial charge in [0, 0.05) is 19.5 Å². The number of amides is 1. The van der Waals surface area contributed by atoms with Crippen LogP contribution in [-0.2, 0) is 34.3 Å². The molecule has 212 valence electrons. The number of aryl methyl sites for hydroxylation is 3. The van der Waals surface area contributed by atoms with Gasteiger partial charge in [-0.3, -0.25) is 9.10 Å². The molecule has 1 fully saturated rings. The van der Waals surface area contributed by atoms with Crippen molar-refractivity contribution in [3.05, 3.63) is 49.8 Å². The largest absolute Gasteiger partial charge is 0.482 e. The highest BCUT2D eigenvalue weighted by Crippen LogP contribution is 2.40. The number of halogens is 1. The van der Waals surface area contributed by atoms with Crippen molar-refractivity contribution in [2.24, 2.45) is 0 Å².